The number of anilines is 1. The maximum absolute atomic E-state index is 15.1. The Labute approximate surface area is 169 Å². The zero-order valence-electron chi connectivity index (χ0n) is 16.4. The average molecular weight is 395 g/mol. The molecule has 3 aromatic heterocycles. The normalized spacial score (nSPS) is 22.9. The molecule has 3 aromatic rings. The van der Waals surface area contributed by atoms with Crippen molar-refractivity contribution < 1.29 is 4.39 Å². The van der Waals surface area contributed by atoms with Crippen LogP contribution in [0.3, 0.4) is 0 Å². The Kier molecular flexibility index (Phi) is 4.87. The zero-order chi connectivity index (χ0) is 19.7. The minimum absolute atomic E-state index is 0.198. The van der Waals surface area contributed by atoms with Gasteiger partial charge in [0.1, 0.15) is 11.2 Å². The Balaban J connectivity index is 1.45. The van der Waals surface area contributed by atoms with Crippen LogP contribution >= 0.6 is 0 Å². The molecule has 152 valence electrons. The third kappa shape index (κ3) is 3.81. The van der Waals surface area contributed by atoms with Crippen LogP contribution in [-0.2, 0) is 0 Å². The molecule has 2 aliphatic rings. The second kappa shape index (κ2) is 7.67. The zero-order valence-corrected chi connectivity index (χ0v) is 16.4. The lowest BCUT2D eigenvalue weighted by Crippen LogP contribution is -2.46. The van der Waals surface area contributed by atoms with Crippen LogP contribution in [0.15, 0.2) is 30.9 Å². The first kappa shape index (κ1) is 18.4. The monoisotopic (exact) mass is 395 g/mol. The van der Waals surface area contributed by atoms with E-state index in [9.17, 15) is 0 Å². The fourth-order valence-electron chi connectivity index (χ4n) is 4.41. The first-order valence-electron chi connectivity index (χ1n) is 10.5. The lowest BCUT2D eigenvalue weighted by molar-refractivity contribution is 0.137. The van der Waals surface area contributed by atoms with Gasteiger partial charge in [-0.15, -0.1) is 0 Å². The van der Waals surface area contributed by atoms with Crippen LogP contribution in [0.4, 0.5) is 10.2 Å². The number of nitrogens with zero attached hydrogens (tertiary/aromatic N) is 5. The van der Waals surface area contributed by atoms with Gasteiger partial charge >= 0.3 is 0 Å². The predicted octanol–water partition coefficient (Wildman–Crippen LogP) is 3.51. The highest BCUT2D eigenvalue weighted by atomic mass is 19.1. The van der Waals surface area contributed by atoms with Gasteiger partial charge in [-0.25, -0.2) is 14.4 Å². The summed E-state index contributed by atoms with van der Waals surface area (Å²) in [4.78, 5) is 13.6. The van der Waals surface area contributed by atoms with Crippen molar-refractivity contribution in [3.8, 4) is 11.3 Å². The number of alkyl halides is 1. The molecule has 0 radical (unpaired) electrons. The summed E-state index contributed by atoms with van der Waals surface area (Å²) in [5.74, 6) is 0.571. The van der Waals surface area contributed by atoms with Gasteiger partial charge in [-0.05, 0) is 38.3 Å². The fourth-order valence-corrected chi connectivity index (χ4v) is 4.41. The summed E-state index contributed by atoms with van der Waals surface area (Å²) in [6.07, 6.45) is 13.5. The average Bonchev–Trinajstić information content (AvgIpc) is 3.44. The van der Waals surface area contributed by atoms with Crippen LogP contribution in [0.5, 0.6) is 0 Å². The second-order valence-electron chi connectivity index (χ2n) is 8.21. The van der Waals surface area contributed by atoms with E-state index in [4.69, 9.17) is 4.98 Å². The number of fused-ring (bicyclic) bond motifs is 1. The van der Waals surface area contributed by atoms with Gasteiger partial charge < -0.3 is 10.6 Å². The van der Waals surface area contributed by atoms with E-state index >= 15 is 4.39 Å². The van der Waals surface area contributed by atoms with Crippen molar-refractivity contribution in [2.45, 2.75) is 50.2 Å². The SMILES string of the molecule is FC1(CNc2nc(-c3cnn(C4CCCC4)c3)cc3nccnc23)CCCNC1. The molecular formula is C21H26FN7. The van der Waals surface area contributed by atoms with Crippen molar-refractivity contribution in [2.24, 2.45) is 0 Å². The largest absolute Gasteiger partial charge is 0.365 e. The Morgan fingerprint density at radius 2 is 2.07 bits per heavy atom. The third-order valence-electron chi connectivity index (χ3n) is 6.05. The number of pyridine rings is 1. The molecule has 0 amide bonds. The minimum atomic E-state index is -1.28. The molecule has 2 fully saturated rings. The van der Waals surface area contributed by atoms with Crippen LogP contribution in [0.1, 0.15) is 44.6 Å². The number of rotatable bonds is 5. The summed E-state index contributed by atoms with van der Waals surface area (Å²) in [6.45, 7) is 1.43. The molecule has 1 unspecified atom stereocenters. The van der Waals surface area contributed by atoms with E-state index in [0.29, 0.717) is 30.3 Å². The molecule has 29 heavy (non-hydrogen) atoms. The summed E-state index contributed by atoms with van der Waals surface area (Å²) in [5, 5.41) is 10.9. The molecule has 8 heteroatoms. The van der Waals surface area contributed by atoms with Crippen molar-refractivity contribution in [3.05, 3.63) is 30.9 Å². The summed E-state index contributed by atoms with van der Waals surface area (Å²) >= 11 is 0. The number of piperidine rings is 1. The van der Waals surface area contributed by atoms with E-state index in [-0.39, 0.29) is 6.54 Å². The smallest absolute Gasteiger partial charge is 0.155 e. The highest BCUT2D eigenvalue weighted by Crippen LogP contribution is 2.31. The molecule has 2 N–H and O–H groups in total. The van der Waals surface area contributed by atoms with Gasteiger partial charge in [0.05, 0.1) is 30.0 Å². The highest BCUT2D eigenvalue weighted by molar-refractivity contribution is 5.88. The minimum Gasteiger partial charge on any atom is -0.365 e. The van der Waals surface area contributed by atoms with E-state index < -0.39 is 5.67 Å². The Hall–Kier alpha value is -2.61. The van der Waals surface area contributed by atoms with Crippen molar-refractivity contribution in [2.75, 3.05) is 25.0 Å². The number of hydrogen-bond donors (Lipinski definition) is 2. The molecule has 1 saturated heterocycles. The Bertz CT molecular complexity index is 990. The second-order valence-corrected chi connectivity index (χ2v) is 8.21. The maximum atomic E-state index is 15.1. The first-order valence-corrected chi connectivity index (χ1v) is 10.5. The fraction of sp³-hybridized carbons (Fsp3) is 0.524. The van der Waals surface area contributed by atoms with Gasteiger partial charge in [-0.3, -0.25) is 9.67 Å². The van der Waals surface area contributed by atoms with Gasteiger partial charge in [0.15, 0.2) is 5.82 Å². The van der Waals surface area contributed by atoms with Gasteiger partial charge in [0.2, 0.25) is 0 Å². The molecule has 1 aliphatic carbocycles. The van der Waals surface area contributed by atoms with E-state index in [1.807, 2.05) is 12.3 Å². The van der Waals surface area contributed by atoms with Crippen molar-refractivity contribution in [1.82, 2.24) is 30.0 Å². The number of hydrogen-bond acceptors (Lipinski definition) is 6. The van der Waals surface area contributed by atoms with Crippen LogP contribution in [0.25, 0.3) is 22.3 Å². The van der Waals surface area contributed by atoms with Gasteiger partial charge in [0, 0.05) is 30.7 Å². The molecule has 0 bridgehead atoms. The van der Waals surface area contributed by atoms with E-state index in [1.165, 1.54) is 25.7 Å². The van der Waals surface area contributed by atoms with Gasteiger partial charge in [-0.1, -0.05) is 12.8 Å². The van der Waals surface area contributed by atoms with Crippen molar-refractivity contribution in [3.63, 3.8) is 0 Å². The van der Waals surface area contributed by atoms with Crippen molar-refractivity contribution >= 4 is 16.9 Å². The molecular weight excluding hydrogens is 369 g/mol. The molecule has 4 heterocycles. The molecule has 5 rings (SSSR count). The molecule has 1 atom stereocenters. The summed E-state index contributed by atoms with van der Waals surface area (Å²) < 4.78 is 17.1. The molecule has 1 saturated carbocycles. The lowest BCUT2D eigenvalue weighted by atomic mass is 9.96. The molecule has 0 spiro atoms. The molecule has 7 nitrogen and oxygen atoms in total. The van der Waals surface area contributed by atoms with Crippen LogP contribution in [0, 0.1) is 0 Å². The van der Waals surface area contributed by atoms with Gasteiger partial charge in [-0.2, -0.15) is 5.10 Å². The topological polar surface area (TPSA) is 80.6 Å². The Morgan fingerprint density at radius 1 is 1.21 bits per heavy atom. The highest BCUT2D eigenvalue weighted by Gasteiger charge is 2.31. The van der Waals surface area contributed by atoms with Crippen LogP contribution in [-0.4, -0.2) is 50.0 Å². The van der Waals surface area contributed by atoms with Crippen molar-refractivity contribution in [1.29, 1.82) is 0 Å². The number of halogens is 1. The molecule has 0 aromatic carbocycles. The van der Waals surface area contributed by atoms with E-state index in [0.717, 1.165) is 29.7 Å². The number of aromatic nitrogens is 5. The standard InChI is InChI=1S/C21H26FN7/c22-21(6-3-7-23-13-21)14-26-20-19-18(24-8-9-25-19)10-17(28-20)15-11-27-29(12-15)16-4-1-2-5-16/h8-12,16,23H,1-7,13-14H2,(H,26,28). The summed E-state index contributed by atoms with van der Waals surface area (Å²) in [5.41, 5.74) is 1.84. The van der Waals surface area contributed by atoms with Crippen LogP contribution in [0.2, 0.25) is 0 Å². The van der Waals surface area contributed by atoms with Crippen LogP contribution < -0.4 is 10.6 Å². The summed E-state index contributed by atoms with van der Waals surface area (Å²) in [7, 11) is 0. The van der Waals surface area contributed by atoms with E-state index in [2.05, 4.69) is 36.6 Å². The molecule has 1 aliphatic heterocycles. The van der Waals surface area contributed by atoms with Gasteiger partial charge in [0.25, 0.3) is 0 Å². The third-order valence-corrected chi connectivity index (χ3v) is 6.05. The van der Waals surface area contributed by atoms with E-state index in [1.54, 1.807) is 12.4 Å². The quantitative estimate of drug-likeness (QED) is 0.688. The summed E-state index contributed by atoms with van der Waals surface area (Å²) in [6, 6.07) is 2.41. The Morgan fingerprint density at radius 3 is 2.90 bits per heavy atom. The number of nitrogens with one attached hydrogen (secondary N) is 2. The predicted molar refractivity (Wildman–Crippen MR) is 110 cm³/mol. The maximum Gasteiger partial charge on any atom is 0.155 e. The first-order chi connectivity index (χ1) is 14.2. The lowest BCUT2D eigenvalue weighted by Gasteiger charge is -2.30.